The Kier molecular flexibility index (Phi) is 8.60. The molecule has 1 aliphatic rings. The highest BCUT2D eigenvalue weighted by molar-refractivity contribution is 7.91. The maximum atomic E-state index is 13.4. The smallest absolute Gasteiger partial charge is 0.296 e. The van der Waals surface area contributed by atoms with Crippen molar-refractivity contribution in [3.05, 3.63) is 77.2 Å². The van der Waals surface area contributed by atoms with Crippen LogP contribution >= 0.6 is 0 Å². The van der Waals surface area contributed by atoms with Gasteiger partial charge in [0.25, 0.3) is 5.56 Å². The van der Waals surface area contributed by atoms with E-state index in [0.717, 1.165) is 12.8 Å². The number of hydrogen-bond donors (Lipinski definition) is 1. The van der Waals surface area contributed by atoms with Crippen LogP contribution in [0.15, 0.2) is 76.6 Å². The Labute approximate surface area is 217 Å². The van der Waals surface area contributed by atoms with Crippen LogP contribution in [0.25, 0.3) is 5.69 Å². The summed E-state index contributed by atoms with van der Waals surface area (Å²) in [5, 5.41) is 7.74. The molecule has 1 saturated heterocycles. The van der Waals surface area contributed by atoms with Crippen molar-refractivity contribution in [2.75, 3.05) is 48.7 Å². The number of amides is 1. The van der Waals surface area contributed by atoms with Gasteiger partial charge in [-0.2, -0.15) is 9.78 Å². The average molecular weight is 524 g/mol. The molecule has 3 aromatic rings. The number of anilines is 2. The fourth-order valence-corrected chi connectivity index (χ4v) is 5.57. The average Bonchev–Trinajstić information content (AvgIpc) is 2.94. The molecule has 1 aliphatic heterocycles. The molecule has 1 amide bonds. The third kappa shape index (κ3) is 6.37. The van der Waals surface area contributed by atoms with Crippen LogP contribution in [0.2, 0.25) is 0 Å². The summed E-state index contributed by atoms with van der Waals surface area (Å²) in [5.41, 5.74) is 1.69. The van der Waals surface area contributed by atoms with Gasteiger partial charge in [0.05, 0.1) is 28.2 Å². The summed E-state index contributed by atoms with van der Waals surface area (Å²) in [6.07, 6.45) is 3.57. The lowest BCUT2D eigenvalue weighted by atomic mass is 10.2. The normalized spacial score (nSPS) is 14.0. The first-order valence-corrected chi connectivity index (χ1v) is 14.3. The number of para-hydroxylation sites is 1. The number of carbonyl (C=O) groups is 1. The molecule has 0 spiro atoms. The van der Waals surface area contributed by atoms with Gasteiger partial charge >= 0.3 is 0 Å². The Balaban J connectivity index is 1.44. The predicted octanol–water partition coefficient (Wildman–Crippen LogP) is 2.96. The standard InChI is InChI=1S/C27H33N5O4S/c1-2-3-15-28-26-24(21-29-32(27(26)34)22-10-6-4-7-11-22)30-16-18-31(19-17-30)25(33)14-20-37(35,36)23-12-8-5-9-13-23/h4-13,21,28H,2-3,14-20H2,1H3. The summed E-state index contributed by atoms with van der Waals surface area (Å²) >= 11 is 0. The van der Waals surface area contributed by atoms with Crippen molar-refractivity contribution >= 4 is 27.1 Å². The zero-order valence-electron chi connectivity index (χ0n) is 21.0. The number of hydrogen-bond acceptors (Lipinski definition) is 7. The lowest BCUT2D eigenvalue weighted by molar-refractivity contribution is -0.131. The molecular formula is C27H33N5O4S. The van der Waals surface area contributed by atoms with Crippen molar-refractivity contribution in [3.63, 3.8) is 0 Å². The molecule has 0 radical (unpaired) electrons. The monoisotopic (exact) mass is 523 g/mol. The Morgan fingerprint density at radius 3 is 2.27 bits per heavy atom. The van der Waals surface area contributed by atoms with Crippen LogP contribution in [0, 0.1) is 0 Å². The Morgan fingerprint density at radius 2 is 1.62 bits per heavy atom. The predicted molar refractivity (Wildman–Crippen MR) is 145 cm³/mol. The summed E-state index contributed by atoms with van der Waals surface area (Å²) in [7, 11) is -3.51. The van der Waals surface area contributed by atoms with Crippen molar-refractivity contribution in [2.24, 2.45) is 0 Å². The molecule has 0 atom stereocenters. The lowest BCUT2D eigenvalue weighted by Crippen LogP contribution is -2.49. The Morgan fingerprint density at radius 1 is 0.973 bits per heavy atom. The van der Waals surface area contributed by atoms with E-state index in [-0.39, 0.29) is 28.5 Å². The highest BCUT2D eigenvalue weighted by atomic mass is 32.2. The van der Waals surface area contributed by atoms with Crippen LogP contribution in [-0.2, 0) is 14.6 Å². The van der Waals surface area contributed by atoms with Crippen LogP contribution in [0.4, 0.5) is 11.4 Å². The maximum absolute atomic E-state index is 13.4. The summed E-state index contributed by atoms with van der Waals surface area (Å²) in [5.74, 6) is -0.401. The second kappa shape index (κ2) is 12.1. The van der Waals surface area contributed by atoms with Crippen molar-refractivity contribution in [1.82, 2.24) is 14.7 Å². The maximum Gasteiger partial charge on any atom is 0.296 e. The van der Waals surface area contributed by atoms with E-state index >= 15 is 0 Å². The molecule has 0 bridgehead atoms. The molecule has 0 unspecified atom stereocenters. The van der Waals surface area contributed by atoms with Gasteiger partial charge in [0.15, 0.2) is 9.84 Å². The Bertz CT molecular complexity index is 1350. The fraction of sp³-hybridized carbons (Fsp3) is 0.370. The number of sulfone groups is 1. The molecule has 1 aromatic heterocycles. The first-order valence-electron chi connectivity index (χ1n) is 12.6. The lowest BCUT2D eigenvalue weighted by Gasteiger charge is -2.36. The number of aromatic nitrogens is 2. The summed E-state index contributed by atoms with van der Waals surface area (Å²) in [4.78, 5) is 30.1. The van der Waals surface area contributed by atoms with E-state index in [1.165, 1.54) is 4.68 Å². The Hall–Kier alpha value is -3.66. The first kappa shape index (κ1) is 26.4. The number of benzene rings is 2. The van der Waals surface area contributed by atoms with E-state index in [9.17, 15) is 18.0 Å². The van der Waals surface area contributed by atoms with Crippen molar-refractivity contribution in [3.8, 4) is 5.69 Å². The number of rotatable bonds is 10. The highest BCUT2D eigenvalue weighted by Gasteiger charge is 2.26. The summed E-state index contributed by atoms with van der Waals surface area (Å²) in [6, 6.07) is 17.5. The molecule has 37 heavy (non-hydrogen) atoms. The molecule has 2 heterocycles. The van der Waals surface area contributed by atoms with Gasteiger partial charge in [-0.3, -0.25) is 9.59 Å². The van der Waals surface area contributed by atoms with E-state index < -0.39 is 9.84 Å². The van der Waals surface area contributed by atoms with Crippen molar-refractivity contribution < 1.29 is 13.2 Å². The quantitative estimate of drug-likeness (QED) is 0.408. The topological polar surface area (TPSA) is 105 Å². The minimum absolute atomic E-state index is 0.0598. The molecule has 2 aromatic carbocycles. The second-order valence-corrected chi connectivity index (χ2v) is 11.1. The zero-order valence-corrected chi connectivity index (χ0v) is 21.9. The minimum atomic E-state index is -3.51. The van der Waals surface area contributed by atoms with E-state index in [2.05, 4.69) is 22.2 Å². The first-order chi connectivity index (χ1) is 17.9. The largest absolute Gasteiger partial charge is 0.379 e. The van der Waals surface area contributed by atoms with Gasteiger partial charge in [0, 0.05) is 39.1 Å². The van der Waals surface area contributed by atoms with Gasteiger partial charge in [-0.15, -0.1) is 0 Å². The molecule has 10 heteroatoms. The van der Waals surface area contributed by atoms with Crippen LogP contribution < -0.4 is 15.8 Å². The number of nitrogens with zero attached hydrogens (tertiary/aromatic N) is 4. The molecule has 1 fully saturated rings. The molecule has 4 rings (SSSR count). The molecular weight excluding hydrogens is 490 g/mol. The molecule has 1 N–H and O–H groups in total. The highest BCUT2D eigenvalue weighted by Crippen LogP contribution is 2.24. The van der Waals surface area contributed by atoms with Crippen molar-refractivity contribution in [2.45, 2.75) is 31.1 Å². The van der Waals surface area contributed by atoms with Crippen LogP contribution in [0.1, 0.15) is 26.2 Å². The molecule has 0 saturated carbocycles. The van der Waals surface area contributed by atoms with E-state index in [4.69, 9.17) is 0 Å². The van der Waals surface area contributed by atoms with Crippen LogP contribution in [0.5, 0.6) is 0 Å². The SMILES string of the molecule is CCCCNc1c(N2CCN(C(=O)CCS(=O)(=O)c3ccccc3)CC2)cnn(-c2ccccc2)c1=O. The molecule has 9 nitrogen and oxygen atoms in total. The number of unbranched alkanes of at least 4 members (excludes halogenated alkanes) is 1. The summed E-state index contributed by atoms with van der Waals surface area (Å²) < 4.78 is 26.5. The number of nitrogens with one attached hydrogen (secondary N) is 1. The van der Waals surface area contributed by atoms with Gasteiger partial charge in [0.1, 0.15) is 5.69 Å². The van der Waals surface area contributed by atoms with Gasteiger partial charge in [-0.05, 0) is 30.7 Å². The van der Waals surface area contributed by atoms with Crippen LogP contribution in [-0.4, -0.2) is 67.5 Å². The summed E-state index contributed by atoms with van der Waals surface area (Å²) in [6.45, 7) is 4.71. The van der Waals surface area contributed by atoms with Gasteiger partial charge in [-0.1, -0.05) is 49.7 Å². The van der Waals surface area contributed by atoms with E-state index in [1.54, 1.807) is 41.4 Å². The van der Waals surface area contributed by atoms with E-state index in [1.807, 2.05) is 30.3 Å². The molecule has 0 aliphatic carbocycles. The fourth-order valence-electron chi connectivity index (χ4n) is 4.32. The van der Waals surface area contributed by atoms with Crippen molar-refractivity contribution in [1.29, 1.82) is 0 Å². The molecule has 196 valence electrons. The third-order valence-electron chi connectivity index (χ3n) is 6.45. The van der Waals surface area contributed by atoms with Gasteiger partial charge in [-0.25, -0.2) is 8.42 Å². The zero-order chi connectivity index (χ0) is 26.3. The van der Waals surface area contributed by atoms with Gasteiger partial charge in [0.2, 0.25) is 5.91 Å². The van der Waals surface area contributed by atoms with E-state index in [0.29, 0.717) is 49.8 Å². The van der Waals surface area contributed by atoms with Crippen LogP contribution in [0.3, 0.4) is 0 Å². The minimum Gasteiger partial charge on any atom is -0.379 e. The second-order valence-electron chi connectivity index (χ2n) is 8.99. The van der Waals surface area contributed by atoms with Gasteiger partial charge < -0.3 is 15.1 Å². The number of piperazine rings is 1. The third-order valence-corrected chi connectivity index (χ3v) is 8.18. The number of carbonyl (C=O) groups excluding carboxylic acids is 1.